The van der Waals surface area contributed by atoms with Crippen molar-refractivity contribution in [2.45, 2.75) is 39.3 Å². The van der Waals surface area contributed by atoms with Gasteiger partial charge in [-0.25, -0.2) is 0 Å². The van der Waals surface area contributed by atoms with Gasteiger partial charge in [-0.05, 0) is 38.1 Å². The highest BCUT2D eigenvalue weighted by Gasteiger charge is 2.13. The zero-order valence-corrected chi connectivity index (χ0v) is 13.7. The van der Waals surface area contributed by atoms with Gasteiger partial charge in [0, 0.05) is 29.3 Å². The summed E-state index contributed by atoms with van der Waals surface area (Å²) in [5.41, 5.74) is 2.38. The Kier molecular flexibility index (Phi) is 6.33. The molecule has 0 saturated heterocycles. The molecular weight excluding hydrogens is 302 g/mol. The first-order valence-corrected chi connectivity index (χ1v) is 7.43. The Hall–Kier alpha value is -1.05. The summed E-state index contributed by atoms with van der Waals surface area (Å²) < 4.78 is 1.11. The van der Waals surface area contributed by atoms with E-state index in [1.54, 1.807) is 0 Å². The predicted octanol–water partition coefficient (Wildman–Crippen LogP) is 3.86. The number of nitrogens with zero attached hydrogens (tertiary/aromatic N) is 2. The second-order valence-electron chi connectivity index (χ2n) is 4.81. The molecule has 0 radical (unpaired) electrons. The fourth-order valence-electron chi connectivity index (χ4n) is 2.03. The molecule has 0 aromatic heterocycles. The van der Waals surface area contributed by atoms with Crippen LogP contribution < -0.4 is 10.2 Å². The van der Waals surface area contributed by atoms with Crippen LogP contribution >= 0.6 is 15.9 Å². The summed E-state index contributed by atoms with van der Waals surface area (Å²) >= 11 is 3.64. The highest BCUT2D eigenvalue weighted by atomic mass is 79.9. The molecule has 1 N–H and O–H groups in total. The van der Waals surface area contributed by atoms with Gasteiger partial charge in [0.05, 0.1) is 12.5 Å². The van der Waals surface area contributed by atoms with Gasteiger partial charge in [-0.2, -0.15) is 5.26 Å². The first-order valence-electron chi connectivity index (χ1n) is 6.63. The maximum atomic E-state index is 8.77. The third-order valence-corrected chi connectivity index (χ3v) is 4.10. The summed E-state index contributed by atoms with van der Waals surface area (Å²) in [6, 6.07) is 9.14. The molecule has 1 aromatic rings. The van der Waals surface area contributed by atoms with E-state index in [4.69, 9.17) is 5.26 Å². The number of benzene rings is 1. The summed E-state index contributed by atoms with van der Waals surface area (Å²) in [7, 11) is 2.02. The van der Waals surface area contributed by atoms with E-state index in [1.807, 2.05) is 7.05 Å². The summed E-state index contributed by atoms with van der Waals surface area (Å²) in [5.74, 6) is 0. The first kappa shape index (κ1) is 16.0. The minimum atomic E-state index is 0.217. The van der Waals surface area contributed by atoms with Crippen LogP contribution in [0.2, 0.25) is 0 Å². The van der Waals surface area contributed by atoms with E-state index in [9.17, 15) is 0 Å². The molecular formula is C15H22BrN3. The third-order valence-electron chi connectivity index (χ3n) is 3.42. The second-order valence-corrected chi connectivity index (χ2v) is 5.66. The molecule has 104 valence electrons. The summed E-state index contributed by atoms with van der Waals surface area (Å²) in [6.07, 6.45) is 0.531. The Labute approximate surface area is 124 Å². The van der Waals surface area contributed by atoms with E-state index in [1.165, 1.54) is 5.56 Å². The lowest BCUT2D eigenvalue weighted by Crippen LogP contribution is -2.28. The van der Waals surface area contributed by atoms with Gasteiger partial charge in [0.2, 0.25) is 0 Å². The molecule has 4 heteroatoms. The van der Waals surface area contributed by atoms with Gasteiger partial charge in [-0.15, -0.1) is 0 Å². The van der Waals surface area contributed by atoms with Crippen molar-refractivity contribution >= 4 is 21.6 Å². The summed E-state index contributed by atoms with van der Waals surface area (Å²) in [4.78, 5) is 2.13. The Morgan fingerprint density at radius 1 is 1.42 bits per heavy atom. The molecule has 0 amide bonds. The molecule has 0 spiro atoms. The number of hydrogen-bond donors (Lipinski definition) is 1. The molecule has 0 aliphatic rings. The lowest BCUT2D eigenvalue weighted by atomic mass is 10.1. The van der Waals surface area contributed by atoms with Gasteiger partial charge < -0.3 is 10.2 Å². The number of nitriles is 1. The minimum absolute atomic E-state index is 0.217. The van der Waals surface area contributed by atoms with Crippen LogP contribution in [-0.4, -0.2) is 19.6 Å². The molecule has 0 aliphatic carbocycles. The number of halogens is 1. The minimum Gasteiger partial charge on any atom is -0.371 e. The Balaban J connectivity index is 2.90. The monoisotopic (exact) mass is 323 g/mol. The van der Waals surface area contributed by atoms with Crippen molar-refractivity contribution in [2.24, 2.45) is 0 Å². The Morgan fingerprint density at radius 2 is 2.11 bits per heavy atom. The topological polar surface area (TPSA) is 39.1 Å². The standard InChI is InChI=1S/C15H22BrN3/c1-5-18-12(3)14-7-6-13(10-15(14)16)19(4)11(2)8-9-17/h6-7,10-12,18H,5,8H2,1-4H3. The zero-order chi connectivity index (χ0) is 14.4. The van der Waals surface area contributed by atoms with Crippen molar-refractivity contribution in [2.75, 3.05) is 18.5 Å². The van der Waals surface area contributed by atoms with Gasteiger partial charge >= 0.3 is 0 Å². The van der Waals surface area contributed by atoms with E-state index in [0.717, 1.165) is 16.7 Å². The van der Waals surface area contributed by atoms with Crippen LogP contribution in [0.1, 0.15) is 38.8 Å². The summed E-state index contributed by atoms with van der Waals surface area (Å²) in [5, 5.41) is 12.2. The summed E-state index contributed by atoms with van der Waals surface area (Å²) in [6.45, 7) is 7.28. The highest BCUT2D eigenvalue weighted by Crippen LogP contribution is 2.28. The van der Waals surface area contributed by atoms with Crippen molar-refractivity contribution in [3.63, 3.8) is 0 Å². The van der Waals surface area contributed by atoms with Gasteiger partial charge in [0.15, 0.2) is 0 Å². The van der Waals surface area contributed by atoms with Crippen LogP contribution in [0.3, 0.4) is 0 Å². The molecule has 19 heavy (non-hydrogen) atoms. The average molecular weight is 324 g/mol. The largest absolute Gasteiger partial charge is 0.371 e. The molecule has 3 nitrogen and oxygen atoms in total. The van der Waals surface area contributed by atoms with E-state index in [2.05, 4.69) is 71.2 Å². The number of nitrogens with one attached hydrogen (secondary N) is 1. The number of anilines is 1. The van der Waals surface area contributed by atoms with Crippen molar-refractivity contribution in [3.05, 3.63) is 28.2 Å². The van der Waals surface area contributed by atoms with Gasteiger partial charge in [0.1, 0.15) is 0 Å². The van der Waals surface area contributed by atoms with Crippen LogP contribution in [-0.2, 0) is 0 Å². The van der Waals surface area contributed by atoms with Crippen LogP contribution in [0.5, 0.6) is 0 Å². The number of hydrogen-bond acceptors (Lipinski definition) is 3. The predicted molar refractivity (Wildman–Crippen MR) is 84.3 cm³/mol. The molecule has 0 fully saturated rings. The van der Waals surface area contributed by atoms with Crippen LogP contribution in [0.25, 0.3) is 0 Å². The Morgan fingerprint density at radius 3 is 2.63 bits per heavy atom. The maximum Gasteiger partial charge on any atom is 0.0643 e. The van der Waals surface area contributed by atoms with Gasteiger partial charge in [-0.1, -0.05) is 28.9 Å². The van der Waals surface area contributed by atoms with E-state index in [0.29, 0.717) is 12.5 Å². The molecule has 0 saturated carbocycles. The first-order chi connectivity index (χ1) is 9.01. The molecule has 1 aromatic carbocycles. The molecule has 0 aliphatic heterocycles. The SMILES string of the molecule is CCNC(C)c1ccc(N(C)C(C)CC#N)cc1Br. The molecule has 0 heterocycles. The molecule has 1 rings (SSSR count). The molecule has 2 atom stereocenters. The van der Waals surface area contributed by atoms with Crippen molar-refractivity contribution in [3.8, 4) is 6.07 Å². The van der Waals surface area contributed by atoms with Crippen LogP contribution in [0.4, 0.5) is 5.69 Å². The fraction of sp³-hybridized carbons (Fsp3) is 0.533. The van der Waals surface area contributed by atoms with Crippen molar-refractivity contribution in [1.82, 2.24) is 5.32 Å². The third kappa shape index (κ3) is 4.22. The fourth-order valence-corrected chi connectivity index (χ4v) is 2.74. The molecule has 2 unspecified atom stereocenters. The van der Waals surface area contributed by atoms with E-state index in [-0.39, 0.29) is 6.04 Å². The lowest BCUT2D eigenvalue weighted by molar-refractivity contribution is 0.596. The van der Waals surface area contributed by atoms with Crippen LogP contribution in [0.15, 0.2) is 22.7 Å². The second kappa shape index (κ2) is 7.52. The smallest absolute Gasteiger partial charge is 0.0643 e. The van der Waals surface area contributed by atoms with E-state index >= 15 is 0 Å². The van der Waals surface area contributed by atoms with E-state index < -0.39 is 0 Å². The Bertz CT molecular complexity index is 453. The normalized spacial score (nSPS) is 13.7. The van der Waals surface area contributed by atoms with Crippen molar-refractivity contribution in [1.29, 1.82) is 5.26 Å². The number of rotatable bonds is 6. The van der Waals surface area contributed by atoms with Gasteiger partial charge in [0.25, 0.3) is 0 Å². The van der Waals surface area contributed by atoms with Crippen molar-refractivity contribution < 1.29 is 0 Å². The highest BCUT2D eigenvalue weighted by molar-refractivity contribution is 9.10. The average Bonchev–Trinajstić information content (AvgIpc) is 2.38. The zero-order valence-electron chi connectivity index (χ0n) is 12.1. The lowest BCUT2D eigenvalue weighted by Gasteiger charge is -2.26. The quantitative estimate of drug-likeness (QED) is 0.864. The van der Waals surface area contributed by atoms with Gasteiger partial charge in [-0.3, -0.25) is 0 Å². The van der Waals surface area contributed by atoms with Crippen LogP contribution in [0, 0.1) is 11.3 Å². The molecule has 0 bridgehead atoms. The maximum absolute atomic E-state index is 8.77.